The normalized spacial score (nSPS) is 13.2. The molecule has 0 amide bonds. The summed E-state index contributed by atoms with van der Waals surface area (Å²) in [4.78, 5) is 12.9. The average molecular weight is 404 g/mol. The van der Waals surface area contributed by atoms with Gasteiger partial charge in [-0.15, -0.1) is 4.40 Å². The van der Waals surface area contributed by atoms with E-state index < -0.39 is 21.2 Å². The van der Waals surface area contributed by atoms with Crippen LogP contribution in [0.5, 0.6) is 0 Å². The van der Waals surface area contributed by atoms with Crippen LogP contribution in [0.3, 0.4) is 0 Å². The predicted molar refractivity (Wildman–Crippen MR) is 100 cm³/mol. The van der Waals surface area contributed by atoms with Crippen molar-refractivity contribution < 1.29 is 26.7 Å². The molecule has 0 N–H and O–H groups in total. The molecule has 0 radical (unpaired) electrons. The first-order chi connectivity index (χ1) is 12.3. The zero-order valence-corrected chi connectivity index (χ0v) is 17.2. The number of sulfonamides is 1. The van der Waals surface area contributed by atoms with Crippen molar-refractivity contribution >= 4 is 21.8 Å². The summed E-state index contributed by atoms with van der Waals surface area (Å²) in [5.41, 5.74) is 1.72. The Kier molecular flexibility index (Phi) is 7.48. The summed E-state index contributed by atoms with van der Waals surface area (Å²) in [5, 5.41) is -4.76. The highest BCUT2D eigenvalue weighted by molar-refractivity contribution is 7.92. The fourth-order valence-corrected chi connectivity index (χ4v) is 3.52. The molecule has 6 nitrogen and oxygen atoms in total. The number of methoxy groups -OCH3 is 1. The zero-order chi connectivity index (χ0) is 21.0. The maximum atomic E-state index is 14.0. The summed E-state index contributed by atoms with van der Waals surface area (Å²) >= 11 is 0. The van der Waals surface area contributed by atoms with Crippen LogP contribution >= 0.6 is 0 Å². The highest BCUT2D eigenvalue weighted by Gasteiger charge is 2.55. The van der Waals surface area contributed by atoms with Crippen molar-refractivity contribution in [2.24, 2.45) is 4.40 Å². The maximum Gasteiger partial charge on any atom is 0.461 e. The van der Waals surface area contributed by atoms with Gasteiger partial charge in [0.15, 0.2) is 0 Å². The number of carbonyl (C=O) groups excluding carboxylic acids is 1. The number of esters is 1. The van der Waals surface area contributed by atoms with E-state index in [0.717, 1.165) is 5.56 Å². The molecule has 27 heavy (non-hydrogen) atoms. The van der Waals surface area contributed by atoms with Crippen LogP contribution in [0, 0.1) is 6.92 Å². The lowest BCUT2D eigenvalue weighted by Gasteiger charge is -2.34. The van der Waals surface area contributed by atoms with Gasteiger partial charge in [-0.25, -0.2) is 4.79 Å². The third-order valence-corrected chi connectivity index (χ3v) is 5.13. The van der Waals surface area contributed by atoms with Gasteiger partial charge in [0.25, 0.3) is 0 Å². The zero-order valence-electron chi connectivity index (χ0n) is 16.4. The summed E-state index contributed by atoms with van der Waals surface area (Å²) in [5.74, 6) is -2.23. The van der Waals surface area contributed by atoms with Gasteiger partial charge in [-0.05, 0) is 40.2 Å². The number of carbonyl (C=O) groups is 1. The lowest BCUT2D eigenvalue weighted by molar-refractivity contribution is -0.157. The van der Waals surface area contributed by atoms with Gasteiger partial charge in [0, 0.05) is 18.5 Å². The fourth-order valence-electron chi connectivity index (χ4n) is 2.67. The lowest BCUT2D eigenvalue weighted by Crippen LogP contribution is -2.45. The van der Waals surface area contributed by atoms with E-state index in [1.165, 1.54) is 0 Å². The molecule has 0 saturated carbocycles. The van der Waals surface area contributed by atoms with Crippen LogP contribution in [-0.4, -0.2) is 49.6 Å². The molecule has 0 aromatic heterocycles. The van der Waals surface area contributed by atoms with Gasteiger partial charge in [0.05, 0.1) is 7.11 Å². The van der Waals surface area contributed by atoms with Crippen LogP contribution in [-0.2, 0) is 26.0 Å². The minimum atomic E-state index is -5.47. The molecule has 1 rings (SSSR count). The molecule has 0 aliphatic rings. The van der Waals surface area contributed by atoms with E-state index in [2.05, 4.69) is 9.13 Å². The Hall–Kier alpha value is -2.03. The molecular weight excluding hydrogens is 378 g/mol. The summed E-state index contributed by atoms with van der Waals surface area (Å²) in [7, 11) is -4.78. The second-order valence-electron chi connectivity index (χ2n) is 6.75. The van der Waals surface area contributed by atoms with Crippen molar-refractivity contribution in [1.82, 2.24) is 4.90 Å². The topological polar surface area (TPSA) is 76.0 Å². The molecule has 0 spiro atoms. The Morgan fingerprint density at radius 2 is 1.63 bits per heavy atom. The largest absolute Gasteiger partial charge is 0.464 e. The number of alkyl halides is 2. The third kappa shape index (κ3) is 5.47. The van der Waals surface area contributed by atoms with Crippen LogP contribution in [0.4, 0.5) is 8.78 Å². The van der Waals surface area contributed by atoms with Gasteiger partial charge < -0.3 is 9.64 Å². The van der Waals surface area contributed by atoms with E-state index in [4.69, 9.17) is 0 Å². The minimum absolute atomic E-state index is 0.0210. The van der Waals surface area contributed by atoms with E-state index >= 15 is 0 Å². The number of hydrogen-bond donors (Lipinski definition) is 0. The highest BCUT2D eigenvalue weighted by atomic mass is 32.2. The molecule has 0 saturated heterocycles. The third-order valence-electron chi connectivity index (χ3n) is 3.87. The first-order valence-electron chi connectivity index (χ1n) is 8.47. The number of rotatable bonds is 7. The Morgan fingerprint density at radius 1 is 1.15 bits per heavy atom. The standard InChI is InChI=1S/C18H26F2N2O4S/c1-12(2)22(13(3)4)16(11-15-9-7-14(5)8-10-15)21-27(24,25)18(19,20)17(23)26-6/h7-10,12-13H,11H2,1-6H3/b21-16-. The van der Waals surface area contributed by atoms with Gasteiger partial charge in [-0.1, -0.05) is 29.8 Å². The molecule has 0 heterocycles. The summed E-state index contributed by atoms with van der Waals surface area (Å²) in [6.45, 7) is 9.10. The monoisotopic (exact) mass is 404 g/mol. The van der Waals surface area contributed by atoms with Crippen LogP contribution in [0.25, 0.3) is 0 Å². The van der Waals surface area contributed by atoms with Gasteiger partial charge in [-0.2, -0.15) is 17.2 Å². The first-order valence-corrected chi connectivity index (χ1v) is 9.91. The molecule has 0 bridgehead atoms. The summed E-state index contributed by atoms with van der Waals surface area (Å²) in [6.07, 6.45) is 0.0210. The van der Waals surface area contributed by atoms with Crippen molar-refractivity contribution in [3.05, 3.63) is 35.4 Å². The molecule has 1 aromatic rings. The first kappa shape index (κ1) is 23.0. The number of halogens is 2. The summed E-state index contributed by atoms with van der Waals surface area (Å²) < 4.78 is 59.7. The number of benzene rings is 1. The van der Waals surface area contributed by atoms with E-state index in [0.29, 0.717) is 12.7 Å². The molecule has 152 valence electrons. The van der Waals surface area contributed by atoms with Crippen molar-refractivity contribution in [2.45, 2.75) is 58.4 Å². The van der Waals surface area contributed by atoms with E-state index in [-0.39, 0.29) is 24.3 Å². The SMILES string of the molecule is COC(=O)C(F)(F)S(=O)(=O)/N=C(/Cc1ccc(C)cc1)N(C(C)C)C(C)C. The Morgan fingerprint density at radius 3 is 2.04 bits per heavy atom. The van der Waals surface area contributed by atoms with Crippen molar-refractivity contribution in [3.8, 4) is 0 Å². The smallest absolute Gasteiger partial charge is 0.461 e. The maximum absolute atomic E-state index is 14.0. The Balaban J connectivity index is 3.49. The molecular formula is C18H26F2N2O4S. The Labute approximate surface area is 159 Å². The van der Waals surface area contributed by atoms with E-state index in [1.54, 1.807) is 44.7 Å². The number of aryl methyl sites for hydroxylation is 1. The minimum Gasteiger partial charge on any atom is -0.464 e. The molecule has 0 unspecified atom stereocenters. The van der Waals surface area contributed by atoms with Crippen molar-refractivity contribution in [2.75, 3.05) is 7.11 Å². The number of nitrogens with zero attached hydrogens (tertiary/aromatic N) is 2. The average Bonchev–Trinajstić information content (AvgIpc) is 2.54. The van der Waals surface area contributed by atoms with Crippen LogP contribution in [0.1, 0.15) is 38.8 Å². The fraction of sp³-hybridized carbons (Fsp3) is 0.556. The van der Waals surface area contributed by atoms with Gasteiger partial charge >= 0.3 is 21.2 Å². The van der Waals surface area contributed by atoms with Crippen LogP contribution < -0.4 is 0 Å². The quantitative estimate of drug-likeness (QED) is 0.396. The van der Waals surface area contributed by atoms with Crippen molar-refractivity contribution in [1.29, 1.82) is 0 Å². The highest BCUT2D eigenvalue weighted by Crippen LogP contribution is 2.26. The second kappa shape index (κ2) is 8.77. The molecule has 0 aliphatic heterocycles. The molecule has 9 heteroatoms. The molecule has 0 aliphatic carbocycles. The van der Waals surface area contributed by atoms with Crippen LogP contribution in [0.2, 0.25) is 0 Å². The number of ether oxygens (including phenoxy) is 1. The van der Waals surface area contributed by atoms with Gasteiger partial charge in [0.2, 0.25) is 0 Å². The predicted octanol–water partition coefficient (Wildman–Crippen LogP) is 3.15. The Bertz CT molecular complexity index is 780. The molecule has 0 atom stereocenters. The van der Waals surface area contributed by atoms with E-state index in [1.807, 2.05) is 19.1 Å². The van der Waals surface area contributed by atoms with Gasteiger partial charge in [0.1, 0.15) is 5.84 Å². The molecule has 0 fully saturated rings. The number of amidine groups is 1. The van der Waals surface area contributed by atoms with E-state index in [9.17, 15) is 22.0 Å². The van der Waals surface area contributed by atoms with Gasteiger partial charge in [-0.3, -0.25) is 0 Å². The second-order valence-corrected chi connectivity index (χ2v) is 8.39. The number of hydrogen-bond acceptors (Lipinski definition) is 4. The molecule has 1 aromatic carbocycles. The van der Waals surface area contributed by atoms with Crippen molar-refractivity contribution in [3.63, 3.8) is 0 Å². The van der Waals surface area contributed by atoms with Crippen LogP contribution in [0.15, 0.2) is 28.7 Å². The lowest BCUT2D eigenvalue weighted by atomic mass is 10.1. The summed E-state index contributed by atoms with van der Waals surface area (Å²) in [6, 6.07) is 6.81.